The van der Waals surface area contributed by atoms with Gasteiger partial charge in [0.1, 0.15) is 5.76 Å². The molecule has 0 aliphatic carbocycles. The smallest absolute Gasteiger partial charge is 0.213 e. The SMILES string of the molecule is CO[C@H]1CN(CCCS(=O)(=O)N(C)C)C[C@H]1Cc1cc(C)no1. The zero-order valence-corrected chi connectivity index (χ0v) is 15.2. The number of sulfonamides is 1. The Kier molecular flexibility index (Phi) is 6.19. The van der Waals surface area contributed by atoms with E-state index in [2.05, 4.69) is 10.1 Å². The Morgan fingerprint density at radius 1 is 1.43 bits per heavy atom. The van der Waals surface area contributed by atoms with E-state index in [-0.39, 0.29) is 11.9 Å². The summed E-state index contributed by atoms with van der Waals surface area (Å²) < 4.78 is 35.8. The molecule has 0 radical (unpaired) electrons. The molecule has 23 heavy (non-hydrogen) atoms. The van der Waals surface area contributed by atoms with E-state index in [1.165, 1.54) is 4.31 Å². The Balaban J connectivity index is 1.84. The zero-order chi connectivity index (χ0) is 17.0. The van der Waals surface area contributed by atoms with E-state index in [1.807, 2.05) is 13.0 Å². The van der Waals surface area contributed by atoms with E-state index in [0.29, 0.717) is 12.3 Å². The molecule has 132 valence electrons. The van der Waals surface area contributed by atoms with Crippen LogP contribution in [0.1, 0.15) is 17.9 Å². The van der Waals surface area contributed by atoms with Gasteiger partial charge in [-0.25, -0.2) is 12.7 Å². The monoisotopic (exact) mass is 345 g/mol. The van der Waals surface area contributed by atoms with Crippen molar-refractivity contribution in [3.8, 4) is 0 Å². The van der Waals surface area contributed by atoms with Crippen LogP contribution in [0, 0.1) is 12.8 Å². The maximum absolute atomic E-state index is 11.8. The van der Waals surface area contributed by atoms with Crippen LogP contribution >= 0.6 is 0 Å². The summed E-state index contributed by atoms with van der Waals surface area (Å²) in [6, 6.07) is 1.96. The molecule has 0 saturated carbocycles. The first-order valence-corrected chi connectivity index (χ1v) is 9.50. The van der Waals surface area contributed by atoms with Crippen LogP contribution in [0.4, 0.5) is 0 Å². The summed E-state index contributed by atoms with van der Waals surface area (Å²) in [5.41, 5.74) is 0.887. The minimum absolute atomic E-state index is 0.144. The molecule has 2 heterocycles. The summed E-state index contributed by atoms with van der Waals surface area (Å²) in [4.78, 5) is 2.27. The van der Waals surface area contributed by atoms with Gasteiger partial charge in [-0.1, -0.05) is 5.16 Å². The molecule has 1 aromatic rings. The minimum Gasteiger partial charge on any atom is -0.380 e. The lowest BCUT2D eigenvalue weighted by molar-refractivity contribution is 0.0765. The van der Waals surface area contributed by atoms with Gasteiger partial charge in [0.15, 0.2) is 0 Å². The molecule has 8 heteroatoms. The number of aryl methyl sites for hydroxylation is 1. The van der Waals surface area contributed by atoms with Crippen LogP contribution in [0.5, 0.6) is 0 Å². The third kappa shape index (κ3) is 5.00. The van der Waals surface area contributed by atoms with Crippen LogP contribution in [-0.4, -0.2) is 75.5 Å². The van der Waals surface area contributed by atoms with Crippen LogP contribution in [0.2, 0.25) is 0 Å². The molecule has 1 aliphatic heterocycles. The van der Waals surface area contributed by atoms with Gasteiger partial charge in [-0.15, -0.1) is 0 Å². The molecule has 2 atom stereocenters. The van der Waals surface area contributed by atoms with Crippen LogP contribution < -0.4 is 0 Å². The standard InChI is InChI=1S/C15H27N3O4S/c1-12-8-14(22-16-12)9-13-10-18(11-15(13)21-4)6-5-7-23(19,20)17(2)3/h8,13,15H,5-7,9-11H2,1-4H3/t13-,15+/m1/s1. The third-order valence-corrected chi connectivity index (χ3v) is 6.25. The number of ether oxygens (including phenoxy) is 1. The predicted molar refractivity (Wildman–Crippen MR) is 87.8 cm³/mol. The molecule has 2 rings (SSSR count). The molecule has 0 N–H and O–H groups in total. The number of nitrogens with zero attached hydrogens (tertiary/aromatic N) is 3. The molecule has 0 amide bonds. The second kappa shape index (κ2) is 7.74. The summed E-state index contributed by atoms with van der Waals surface area (Å²) in [5, 5.41) is 3.92. The molecular formula is C15H27N3O4S. The van der Waals surface area contributed by atoms with Crippen molar-refractivity contribution in [2.45, 2.75) is 25.9 Å². The second-order valence-corrected chi connectivity index (χ2v) is 8.69. The van der Waals surface area contributed by atoms with Crippen molar-refractivity contribution >= 4 is 10.0 Å². The van der Waals surface area contributed by atoms with Crippen molar-refractivity contribution in [2.75, 3.05) is 46.6 Å². The lowest BCUT2D eigenvalue weighted by Crippen LogP contribution is -2.29. The molecule has 0 unspecified atom stereocenters. The number of aromatic nitrogens is 1. The highest BCUT2D eigenvalue weighted by molar-refractivity contribution is 7.89. The fraction of sp³-hybridized carbons (Fsp3) is 0.800. The van der Waals surface area contributed by atoms with E-state index in [1.54, 1.807) is 21.2 Å². The molecule has 1 aliphatic rings. The zero-order valence-electron chi connectivity index (χ0n) is 14.4. The molecule has 0 bridgehead atoms. The Hall–Kier alpha value is -0.960. The van der Waals surface area contributed by atoms with Gasteiger partial charge in [0.25, 0.3) is 0 Å². The number of rotatable bonds is 8. The van der Waals surface area contributed by atoms with E-state index in [9.17, 15) is 8.42 Å². The number of likely N-dealkylation sites (tertiary alicyclic amines) is 1. The Bertz CT molecular complexity index is 600. The van der Waals surface area contributed by atoms with E-state index in [0.717, 1.165) is 37.5 Å². The molecular weight excluding hydrogens is 318 g/mol. The minimum atomic E-state index is -3.12. The molecule has 1 saturated heterocycles. The van der Waals surface area contributed by atoms with Crippen molar-refractivity contribution in [1.82, 2.24) is 14.4 Å². The predicted octanol–water partition coefficient (Wildman–Crippen LogP) is 0.754. The molecule has 0 spiro atoms. The number of hydrogen-bond donors (Lipinski definition) is 0. The topological polar surface area (TPSA) is 75.9 Å². The highest BCUT2D eigenvalue weighted by atomic mass is 32.2. The van der Waals surface area contributed by atoms with Crippen molar-refractivity contribution in [2.24, 2.45) is 5.92 Å². The van der Waals surface area contributed by atoms with Gasteiger partial charge in [0, 0.05) is 52.7 Å². The van der Waals surface area contributed by atoms with Crippen LogP contribution in [-0.2, 0) is 21.2 Å². The average Bonchev–Trinajstić information content (AvgIpc) is 3.05. The normalized spacial score (nSPS) is 23.0. The number of hydrogen-bond acceptors (Lipinski definition) is 6. The molecule has 7 nitrogen and oxygen atoms in total. The first-order chi connectivity index (χ1) is 10.8. The maximum atomic E-state index is 11.8. The third-order valence-electron chi connectivity index (χ3n) is 4.33. The van der Waals surface area contributed by atoms with E-state index >= 15 is 0 Å². The van der Waals surface area contributed by atoms with Crippen molar-refractivity contribution in [3.63, 3.8) is 0 Å². The van der Waals surface area contributed by atoms with Crippen LogP contribution in [0.25, 0.3) is 0 Å². The highest BCUT2D eigenvalue weighted by Gasteiger charge is 2.33. The van der Waals surface area contributed by atoms with Crippen molar-refractivity contribution < 1.29 is 17.7 Å². The Labute approximate surface area is 138 Å². The summed E-state index contributed by atoms with van der Waals surface area (Å²) in [5.74, 6) is 1.41. The van der Waals surface area contributed by atoms with E-state index < -0.39 is 10.0 Å². The Morgan fingerprint density at radius 2 is 2.17 bits per heavy atom. The first kappa shape index (κ1) is 18.4. The van der Waals surface area contributed by atoms with Crippen LogP contribution in [0.15, 0.2) is 10.6 Å². The molecule has 0 aromatic carbocycles. The Morgan fingerprint density at radius 3 is 2.74 bits per heavy atom. The van der Waals surface area contributed by atoms with Gasteiger partial charge in [0.05, 0.1) is 17.6 Å². The van der Waals surface area contributed by atoms with Gasteiger partial charge >= 0.3 is 0 Å². The molecule has 1 aromatic heterocycles. The fourth-order valence-corrected chi connectivity index (χ4v) is 3.86. The number of methoxy groups -OCH3 is 1. The maximum Gasteiger partial charge on any atom is 0.213 e. The quantitative estimate of drug-likeness (QED) is 0.692. The van der Waals surface area contributed by atoms with Gasteiger partial charge in [0.2, 0.25) is 10.0 Å². The fourth-order valence-electron chi connectivity index (χ4n) is 3.00. The van der Waals surface area contributed by atoms with Gasteiger partial charge in [-0.2, -0.15) is 0 Å². The summed E-state index contributed by atoms with van der Waals surface area (Å²) >= 11 is 0. The summed E-state index contributed by atoms with van der Waals surface area (Å²) in [7, 11) is 1.75. The largest absolute Gasteiger partial charge is 0.380 e. The van der Waals surface area contributed by atoms with Crippen molar-refractivity contribution in [3.05, 3.63) is 17.5 Å². The second-order valence-electron chi connectivity index (χ2n) is 6.38. The van der Waals surface area contributed by atoms with Gasteiger partial charge in [-0.3, -0.25) is 0 Å². The summed E-state index contributed by atoms with van der Waals surface area (Å²) in [6.07, 6.45) is 1.57. The lowest BCUT2D eigenvalue weighted by atomic mass is 10.0. The average molecular weight is 345 g/mol. The molecule has 1 fully saturated rings. The van der Waals surface area contributed by atoms with E-state index in [4.69, 9.17) is 9.26 Å². The highest BCUT2D eigenvalue weighted by Crippen LogP contribution is 2.24. The van der Waals surface area contributed by atoms with Crippen molar-refractivity contribution in [1.29, 1.82) is 0 Å². The van der Waals surface area contributed by atoms with Gasteiger partial charge in [-0.05, 0) is 19.9 Å². The van der Waals surface area contributed by atoms with Crippen LogP contribution in [0.3, 0.4) is 0 Å². The van der Waals surface area contributed by atoms with Gasteiger partial charge < -0.3 is 14.2 Å². The first-order valence-electron chi connectivity index (χ1n) is 7.89. The summed E-state index contributed by atoms with van der Waals surface area (Å²) in [6.45, 7) is 4.39. The lowest BCUT2D eigenvalue weighted by Gasteiger charge is -2.16.